The van der Waals surface area contributed by atoms with E-state index in [0.29, 0.717) is 23.7 Å². The molecule has 0 aliphatic heterocycles. The summed E-state index contributed by atoms with van der Waals surface area (Å²) < 4.78 is 52.6. The largest absolute Gasteiger partial charge is 0.494 e. The Bertz CT molecular complexity index is 1120. The quantitative estimate of drug-likeness (QED) is 0.251. The average Bonchev–Trinajstić information content (AvgIpc) is 2.89. The second-order valence-electron chi connectivity index (χ2n) is 9.19. The van der Waals surface area contributed by atoms with E-state index in [1.165, 1.54) is 19.3 Å². The minimum Gasteiger partial charge on any atom is -0.494 e. The van der Waals surface area contributed by atoms with Crippen LogP contribution in [0.3, 0.4) is 0 Å². The van der Waals surface area contributed by atoms with Crippen molar-refractivity contribution in [2.75, 3.05) is 17.2 Å². The molecule has 198 valence electrons. The van der Waals surface area contributed by atoms with Crippen LogP contribution in [-0.4, -0.2) is 22.7 Å². The molecule has 37 heavy (non-hydrogen) atoms. The summed E-state index contributed by atoms with van der Waals surface area (Å²) in [6.07, 6.45) is 5.29. The number of hydrogen-bond donors (Lipinski definition) is 2. The van der Waals surface area contributed by atoms with Crippen molar-refractivity contribution in [1.82, 2.24) is 9.97 Å². The Labute approximate surface area is 215 Å². The predicted molar refractivity (Wildman–Crippen MR) is 139 cm³/mol. The summed E-state index contributed by atoms with van der Waals surface area (Å²) in [7, 11) is 0. The van der Waals surface area contributed by atoms with Crippen molar-refractivity contribution in [3.8, 4) is 11.5 Å². The number of alkyl halides is 3. The zero-order chi connectivity index (χ0) is 26.1. The van der Waals surface area contributed by atoms with Gasteiger partial charge in [0.05, 0.1) is 12.7 Å². The summed E-state index contributed by atoms with van der Waals surface area (Å²) >= 11 is 0. The molecule has 0 saturated heterocycles. The van der Waals surface area contributed by atoms with E-state index in [4.69, 9.17) is 9.47 Å². The molecule has 2 N–H and O–H groups in total. The normalized spacial score (nSPS) is 14.3. The van der Waals surface area contributed by atoms with Gasteiger partial charge >= 0.3 is 6.18 Å². The monoisotopic (exact) mass is 514 g/mol. The predicted octanol–water partition coefficient (Wildman–Crippen LogP) is 8.26. The molecule has 0 unspecified atom stereocenters. The van der Waals surface area contributed by atoms with E-state index in [1.807, 2.05) is 12.1 Å². The number of unbranched alkanes of at least 4 members (excludes halogenated alkanes) is 2. The SMILES string of the molecule is CCCCCOc1ccc(Nc2nc(Nc3ccc(OC4CCCCC4)cc3)ncc2C(F)(F)F)cc1. The number of nitrogens with one attached hydrogen (secondary N) is 2. The topological polar surface area (TPSA) is 68.3 Å². The summed E-state index contributed by atoms with van der Waals surface area (Å²) in [6, 6.07) is 14.0. The molecule has 1 aliphatic carbocycles. The van der Waals surface area contributed by atoms with Crippen molar-refractivity contribution in [3.05, 3.63) is 60.3 Å². The first kappa shape index (κ1) is 26.6. The molecular formula is C28H33F3N4O2. The highest BCUT2D eigenvalue weighted by atomic mass is 19.4. The Morgan fingerprint density at radius 2 is 1.51 bits per heavy atom. The van der Waals surface area contributed by atoms with Gasteiger partial charge in [-0.05, 0) is 80.6 Å². The van der Waals surface area contributed by atoms with E-state index in [-0.39, 0.29) is 17.9 Å². The lowest BCUT2D eigenvalue weighted by molar-refractivity contribution is -0.137. The van der Waals surface area contributed by atoms with Crippen LogP contribution in [0.2, 0.25) is 0 Å². The summed E-state index contributed by atoms with van der Waals surface area (Å²) in [4.78, 5) is 8.01. The fraction of sp³-hybridized carbons (Fsp3) is 0.429. The van der Waals surface area contributed by atoms with Gasteiger partial charge in [-0.3, -0.25) is 0 Å². The van der Waals surface area contributed by atoms with Crippen LogP contribution in [-0.2, 0) is 6.18 Å². The minimum atomic E-state index is -4.61. The molecule has 0 amide bonds. The molecule has 2 aromatic carbocycles. The van der Waals surface area contributed by atoms with Gasteiger partial charge in [0.15, 0.2) is 0 Å². The number of halogens is 3. The molecule has 0 atom stereocenters. The molecule has 9 heteroatoms. The van der Waals surface area contributed by atoms with Gasteiger partial charge < -0.3 is 20.1 Å². The summed E-state index contributed by atoms with van der Waals surface area (Å²) in [6.45, 7) is 2.72. The molecule has 4 rings (SSSR count). The van der Waals surface area contributed by atoms with Gasteiger partial charge in [0.1, 0.15) is 22.9 Å². The van der Waals surface area contributed by atoms with Crippen LogP contribution in [0.1, 0.15) is 63.9 Å². The van der Waals surface area contributed by atoms with E-state index in [1.54, 1.807) is 36.4 Å². The molecule has 1 aromatic heterocycles. The molecule has 0 bridgehead atoms. The van der Waals surface area contributed by atoms with Crippen molar-refractivity contribution < 1.29 is 22.6 Å². The Kier molecular flexibility index (Phi) is 9.09. The van der Waals surface area contributed by atoms with Crippen molar-refractivity contribution in [1.29, 1.82) is 0 Å². The Hall–Kier alpha value is -3.49. The molecule has 3 aromatic rings. The van der Waals surface area contributed by atoms with E-state index in [9.17, 15) is 13.2 Å². The Balaban J connectivity index is 1.43. The lowest BCUT2D eigenvalue weighted by Gasteiger charge is -2.23. The van der Waals surface area contributed by atoms with Crippen LogP contribution in [0, 0.1) is 0 Å². The zero-order valence-electron chi connectivity index (χ0n) is 21.0. The molecule has 1 fully saturated rings. The molecule has 1 saturated carbocycles. The van der Waals surface area contributed by atoms with Gasteiger partial charge in [-0.15, -0.1) is 0 Å². The van der Waals surface area contributed by atoms with Crippen LogP contribution < -0.4 is 20.1 Å². The first-order chi connectivity index (χ1) is 17.9. The lowest BCUT2D eigenvalue weighted by atomic mass is 9.98. The van der Waals surface area contributed by atoms with Crippen LogP contribution >= 0.6 is 0 Å². The van der Waals surface area contributed by atoms with Gasteiger partial charge in [0.2, 0.25) is 5.95 Å². The third-order valence-corrected chi connectivity index (χ3v) is 6.19. The maximum Gasteiger partial charge on any atom is 0.421 e. The van der Waals surface area contributed by atoms with Gasteiger partial charge in [-0.1, -0.05) is 26.2 Å². The maximum atomic E-state index is 13.6. The van der Waals surface area contributed by atoms with Crippen molar-refractivity contribution in [2.24, 2.45) is 0 Å². The van der Waals surface area contributed by atoms with E-state index in [2.05, 4.69) is 27.5 Å². The molecule has 0 radical (unpaired) electrons. The Morgan fingerprint density at radius 1 is 0.865 bits per heavy atom. The molecule has 1 heterocycles. The van der Waals surface area contributed by atoms with Crippen molar-refractivity contribution in [2.45, 2.75) is 70.6 Å². The average molecular weight is 515 g/mol. The molecule has 0 spiro atoms. The number of hydrogen-bond acceptors (Lipinski definition) is 6. The van der Waals surface area contributed by atoms with Crippen LogP contribution in [0.4, 0.5) is 36.3 Å². The smallest absolute Gasteiger partial charge is 0.421 e. The van der Waals surface area contributed by atoms with E-state index >= 15 is 0 Å². The standard InChI is InChI=1S/C28H33F3N4O2/c1-2-3-7-18-36-22-14-10-20(11-15-22)33-26-25(28(29,30)31)19-32-27(35-26)34-21-12-16-24(17-13-21)37-23-8-5-4-6-9-23/h10-17,19,23H,2-9,18H2,1H3,(H2,32,33,34,35). The highest BCUT2D eigenvalue weighted by Gasteiger charge is 2.35. The minimum absolute atomic E-state index is 0.0485. The van der Waals surface area contributed by atoms with E-state index in [0.717, 1.165) is 44.1 Å². The van der Waals surface area contributed by atoms with Gasteiger partial charge in [0.25, 0.3) is 0 Å². The highest BCUT2D eigenvalue weighted by molar-refractivity contribution is 5.63. The second-order valence-corrected chi connectivity index (χ2v) is 9.19. The summed E-state index contributed by atoms with van der Waals surface area (Å²) in [5.74, 6) is 1.15. The second kappa shape index (κ2) is 12.7. The maximum absolute atomic E-state index is 13.6. The number of ether oxygens (including phenoxy) is 2. The third kappa shape index (κ3) is 8.00. The molecule has 1 aliphatic rings. The van der Waals surface area contributed by atoms with Gasteiger partial charge in [0, 0.05) is 17.6 Å². The number of aromatic nitrogens is 2. The van der Waals surface area contributed by atoms with Crippen molar-refractivity contribution >= 4 is 23.1 Å². The summed E-state index contributed by atoms with van der Waals surface area (Å²) in [5.41, 5.74) is 0.153. The van der Waals surface area contributed by atoms with E-state index < -0.39 is 11.7 Å². The van der Waals surface area contributed by atoms with Crippen LogP contribution in [0.15, 0.2) is 54.7 Å². The van der Waals surface area contributed by atoms with Crippen LogP contribution in [0.25, 0.3) is 0 Å². The van der Waals surface area contributed by atoms with Gasteiger partial charge in [-0.2, -0.15) is 18.2 Å². The number of rotatable bonds is 11. The van der Waals surface area contributed by atoms with Crippen LogP contribution in [0.5, 0.6) is 11.5 Å². The first-order valence-electron chi connectivity index (χ1n) is 12.9. The molecule has 6 nitrogen and oxygen atoms in total. The number of benzene rings is 2. The third-order valence-electron chi connectivity index (χ3n) is 6.19. The number of anilines is 4. The lowest BCUT2D eigenvalue weighted by Crippen LogP contribution is -2.19. The summed E-state index contributed by atoms with van der Waals surface area (Å²) in [5, 5.41) is 5.75. The zero-order valence-corrected chi connectivity index (χ0v) is 21.0. The Morgan fingerprint density at radius 3 is 2.16 bits per heavy atom. The highest BCUT2D eigenvalue weighted by Crippen LogP contribution is 2.35. The number of nitrogens with zero attached hydrogens (tertiary/aromatic N) is 2. The fourth-order valence-electron chi connectivity index (χ4n) is 4.18. The first-order valence-corrected chi connectivity index (χ1v) is 12.9. The van der Waals surface area contributed by atoms with Crippen molar-refractivity contribution in [3.63, 3.8) is 0 Å². The van der Waals surface area contributed by atoms with Gasteiger partial charge in [-0.25, -0.2) is 4.98 Å². The fourth-order valence-corrected chi connectivity index (χ4v) is 4.18. The molecular weight excluding hydrogens is 481 g/mol.